The molecule has 1 fully saturated rings. The van der Waals surface area contributed by atoms with Crippen molar-refractivity contribution in [2.45, 2.75) is 20.3 Å². The maximum atomic E-state index is 12.4. The van der Waals surface area contributed by atoms with Gasteiger partial charge >= 0.3 is 5.97 Å². The van der Waals surface area contributed by atoms with Gasteiger partial charge in [-0.1, -0.05) is 35.9 Å². The van der Waals surface area contributed by atoms with Gasteiger partial charge in [0.15, 0.2) is 6.61 Å². The number of amides is 2. The predicted octanol–water partition coefficient (Wildman–Crippen LogP) is 3.49. The van der Waals surface area contributed by atoms with Crippen LogP contribution in [0.2, 0.25) is 5.02 Å². The Morgan fingerprint density at radius 3 is 2.68 bits per heavy atom. The van der Waals surface area contributed by atoms with Gasteiger partial charge in [-0.2, -0.15) is 0 Å². The lowest BCUT2D eigenvalue weighted by Gasteiger charge is -2.19. The molecule has 3 rings (SSSR count). The molecule has 2 amide bonds. The lowest BCUT2D eigenvalue weighted by molar-refractivity contribution is -0.151. The molecule has 1 aliphatic rings. The molecule has 1 saturated heterocycles. The zero-order valence-corrected chi connectivity index (χ0v) is 16.5. The minimum Gasteiger partial charge on any atom is -0.455 e. The predicted molar refractivity (Wildman–Crippen MR) is 107 cm³/mol. The average Bonchev–Trinajstić information content (AvgIpc) is 3.05. The first kappa shape index (κ1) is 19.9. The van der Waals surface area contributed by atoms with E-state index in [0.29, 0.717) is 16.4 Å². The first-order valence-electron chi connectivity index (χ1n) is 8.94. The number of rotatable bonds is 5. The van der Waals surface area contributed by atoms with Gasteiger partial charge < -0.3 is 15.0 Å². The van der Waals surface area contributed by atoms with Gasteiger partial charge in [-0.25, -0.2) is 0 Å². The lowest BCUT2D eigenvalue weighted by atomic mass is 10.1. The number of carbonyl (C=O) groups is 3. The van der Waals surface area contributed by atoms with Crippen molar-refractivity contribution in [1.29, 1.82) is 0 Å². The van der Waals surface area contributed by atoms with Crippen LogP contribution in [0.25, 0.3) is 0 Å². The van der Waals surface area contributed by atoms with E-state index >= 15 is 0 Å². The van der Waals surface area contributed by atoms with Gasteiger partial charge in [-0.15, -0.1) is 0 Å². The van der Waals surface area contributed by atoms with Gasteiger partial charge in [0, 0.05) is 29.4 Å². The number of carbonyl (C=O) groups excluding carboxylic acids is 3. The van der Waals surface area contributed by atoms with Gasteiger partial charge in [0.05, 0.1) is 5.92 Å². The van der Waals surface area contributed by atoms with E-state index in [1.54, 1.807) is 29.2 Å². The van der Waals surface area contributed by atoms with Crippen molar-refractivity contribution in [3.63, 3.8) is 0 Å². The summed E-state index contributed by atoms with van der Waals surface area (Å²) in [6.45, 7) is 3.51. The summed E-state index contributed by atoms with van der Waals surface area (Å²) in [4.78, 5) is 38.3. The van der Waals surface area contributed by atoms with Crippen molar-refractivity contribution in [2.24, 2.45) is 5.92 Å². The Morgan fingerprint density at radius 1 is 1.18 bits per heavy atom. The zero-order chi connectivity index (χ0) is 20.3. The van der Waals surface area contributed by atoms with Crippen molar-refractivity contribution in [3.8, 4) is 0 Å². The van der Waals surface area contributed by atoms with E-state index in [2.05, 4.69) is 5.32 Å². The number of anilines is 2. The summed E-state index contributed by atoms with van der Waals surface area (Å²) in [5.74, 6) is -1.76. The van der Waals surface area contributed by atoms with Gasteiger partial charge in [0.2, 0.25) is 5.91 Å². The minimum atomic E-state index is -0.614. The molecule has 1 atom stereocenters. The van der Waals surface area contributed by atoms with Crippen LogP contribution < -0.4 is 10.2 Å². The SMILES string of the molecule is Cc1ccccc1NC(=O)COC(=O)[C@@H]1CC(=O)N(c2cccc(Cl)c2C)C1. The van der Waals surface area contributed by atoms with Crippen molar-refractivity contribution >= 4 is 40.8 Å². The number of benzene rings is 2. The Hall–Kier alpha value is -2.86. The summed E-state index contributed by atoms with van der Waals surface area (Å²) in [5.41, 5.74) is 3.05. The Bertz CT molecular complexity index is 928. The van der Waals surface area contributed by atoms with Crippen molar-refractivity contribution in [1.82, 2.24) is 0 Å². The van der Waals surface area contributed by atoms with Crippen LogP contribution in [0.15, 0.2) is 42.5 Å². The Kier molecular flexibility index (Phi) is 5.99. The molecule has 0 radical (unpaired) electrons. The third kappa shape index (κ3) is 4.34. The highest BCUT2D eigenvalue weighted by atomic mass is 35.5. The number of para-hydroxylation sites is 1. The number of halogens is 1. The van der Waals surface area contributed by atoms with E-state index < -0.39 is 24.4 Å². The molecule has 0 aliphatic carbocycles. The molecule has 1 aliphatic heterocycles. The van der Waals surface area contributed by atoms with Gasteiger partial charge in [-0.05, 0) is 43.2 Å². The molecular weight excluding hydrogens is 380 g/mol. The van der Waals surface area contributed by atoms with Crippen LogP contribution in [0, 0.1) is 19.8 Å². The maximum absolute atomic E-state index is 12.4. The Balaban J connectivity index is 1.57. The van der Waals surface area contributed by atoms with Crippen molar-refractivity contribution in [2.75, 3.05) is 23.4 Å². The molecular formula is C21H21ClN2O4. The highest BCUT2D eigenvalue weighted by Gasteiger charge is 2.37. The van der Waals surface area contributed by atoms with Gasteiger partial charge in [0.1, 0.15) is 0 Å². The summed E-state index contributed by atoms with van der Waals surface area (Å²) in [7, 11) is 0. The summed E-state index contributed by atoms with van der Waals surface area (Å²) in [5, 5.41) is 3.26. The Morgan fingerprint density at radius 2 is 1.93 bits per heavy atom. The third-order valence-electron chi connectivity index (χ3n) is 4.75. The number of hydrogen-bond acceptors (Lipinski definition) is 4. The molecule has 0 aromatic heterocycles. The molecule has 28 heavy (non-hydrogen) atoms. The molecule has 2 aromatic carbocycles. The first-order valence-corrected chi connectivity index (χ1v) is 9.32. The monoisotopic (exact) mass is 400 g/mol. The average molecular weight is 401 g/mol. The molecule has 7 heteroatoms. The standard InChI is InChI=1S/C21H21ClN2O4/c1-13-6-3-4-8-17(13)23-19(25)12-28-21(27)15-10-20(26)24(11-15)18-9-5-7-16(22)14(18)2/h3-9,15H,10-12H2,1-2H3,(H,23,25)/t15-/m1/s1. The second-order valence-corrected chi connectivity index (χ2v) is 7.17. The summed E-state index contributed by atoms with van der Waals surface area (Å²) >= 11 is 6.13. The summed E-state index contributed by atoms with van der Waals surface area (Å²) in [6.07, 6.45) is 0.0458. The molecule has 2 aromatic rings. The minimum absolute atomic E-state index is 0.0458. The van der Waals surface area contributed by atoms with Crippen LogP contribution in [0.1, 0.15) is 17.5 Å². The number of esters is 1. The van der Waals surface area contributed by atoms with Crippen LogP contribution >= 0.6 is 11.6 Å². The van der Waals surface area contributed by atoms with E-state index in [-0.39, 0.29) is 18.9 Å². The molecule has 0 spiro atoms. The lowest BCUT2D eigenvalue weighted by Crippen LogP contribution is -2.28. The molecule has 6 nitrogen and oxygen atoms in total. The van der Waals surface area contributed by atoms with E-state index in [4.69, 9.17) is 16.3 Å². The van der Waals surface area contributed by atoms with Gasteiger partial charge in [0.25, 0.3) is 5.91 Å². The van der Waals surface area contributed by atoms with E-state index in [0.717, 1.165) is 11.1 Å². The number of ether oxygens (including phenoxy) is 1. The summed E-state index contributed by atoms with van der Waals surface area (Å²) < 4.78 is 5.13. The second kappa shape index (κ2) is 8.44. The van der Waals surface area contributed by atoms with Crippen LogP contribution in [0.5, 0.6) is 0 Å². The maximum Gasteiger partial charge on any atom is 0.311 e. The van der Waals surface area contributed by atoms with Gasteiger partial charge in [-0.3, -0.25) is 14.4 Å². The zero-order valence-electron chi connectivity index (χ0n) is 15.7. The van der Waals surface area contributed by atoms with E-state index in [1.165, 1.54) is 0 Å². The fourth-order valence-electron chi connectivity index (χ4n) is 3.14. The molecule has 0 unspecified atom stereocenters. The van der Waals surface area contributed by atoms with Crippen molar-refractivity contribution in [3.05, 3.63) is 58.6 Å². The molecule has 0 bridgehead atoms. The molecule has 1 N–H and O–H groups in total. The quantitative estimate of drug-likeness (QED) is 0.779. The summed E-state index contributed by atoms with van der Waals surface area (Å²) in [6, 6.07) is 12.6. The fourth-order valence-corrected chi connectivity index (χ4v) is 3.31. The third-order valence-corrected chi connectivity index (χ3v) is 5.16. The number of nitrogens with one attached hydrogen (secondary N) is 1. The second-order valence-electron chi connectivity index (χ2n) is 6.76. The largest absolute Gasteiger partial charge is 0.455 e. The smallest absolute Gasteiger partial charge is 0.311 e. The topological polar surface area (TPSA) is 75.7 Å². The number of nitrogens with zero attached hydrogens (tertiary/aromatic N) is 1. The fraction of sp³-hybridized carbons (Fsp3) is 0.286. The number of aryl methyl sites for hydroxylation is 1. The molecule has 1 heterocycles. The first-order chi connectivity index (χ1) is 13.4. The normalized spacial score (nSPS) is 16.2. The number of hydrogen-bond donors (Lipinski definition) is 1. The molecule has 146 valence electrons. The van der Waals surface area contributed by atoms with Crippen LogP contribution in [0.4, 0.5) is 11.4 Å². The van der Waals surface area contributed by atoms with Crippen LogP contribution in [-0.4, -0.2) is 30.9 Å². The Labute approximate surface area is 168 Å². The van der Waals surface area contributed by atoms with Crippen LogP contribution in [-0.2, 0) is 19.1 Å². The van der Waals surface area contributed by atoms with E-state index in [9.17, 15) is 14.4 Å². The highest BCUT2D eigenvalue weighted by Crippen LogP contribution is 2.31. The highest BCUT2D eigenvalue weighted by molar-refractivity contribution is 6.31. The van der Waals surface area contributed by atoms with Crippen molar-refractivity contribution < 1.29 is 19.1 Å². The van der Waals surface area contributed by atoms with Crippen LogP contribution in [0.3, 0.4) is 0 Å². The van der Waals surface area contributed by atoms with E-state index in [1.807, 2.05) is 32.0 Å². The molecule has 0 saturated carbocycles.